The Bertz CT molecular complexity index is 1080. The van der Waals surface area contributed by atoms with Gasteiger partial charge in [-0.05, 0) is 56.2 Å². The summed E-state index contributed by atoms with van der Waals surface area (Å²) >= 11 is 1.39. The molecule has 6 heteroatoms. The standard InChI is InChI=1S/C20H20N2O3S/c1-12-6-5-7-15(8-12)19(24)21-20-22(11-18(23)25-4)16-9-13(2)14(3)10-17(16)26-20/h5-10H,11H2,1-4H3. The minimum atomic E-state index is -0.382. The molecule has 3 aromatic rings. The first-order valence-electron chi connectivity index (χ1n) is 8.22. The van der Waals surface area contributed by atoms with Gasteiger partial charge in [-0.2, -0.15) is 4.99 Å². The van der Waals surface area contributed by atoms with Gasteiger partial charge in [-0.1, -0.05) is 29.0 Å². The Morgan fingerprint density at radius 3 is 2.54 bits per heavy atom. The van der Waals surface area contributed by atoms with Crippen LogP contribution in [0.5, 0.6) is 0 Å². The van der Waals surface area contributed by atoms with Crippen molar-refractivity contribution in [3.8, 4) is 0 Å². The van der Waals surface area contributed by atoms with E-state index in [1.807, 2.05) is 39.0 Å². The first-order valence-corrected chi connectivity index (χ1v) is 9.04. The van der Waals surface area contributed by atoms with E-state index in [2.05, 4.69) is 11.1 Å². The van der Waals surface area contributed by atoms with Gasteiger partial charge in [-0.3, -0.25) is 9.59 Å². The summed E-state index contributed by atoms with van der Waals surface area (Å²) in [6.07, 6.45) is 0. The SMILES string of the molecule is COC(=O)Cn1c(=NC(=O)c2cccc(C)c2)sc2cc(C)c(C)cc21. The average Bonchev–Trinajstić information content (AvgIpc) is 2.91. The number of hydrogen-bond acceptors (Lipinski definition) is 4. The predicted octanol–water partition coefficient (Wildman–Crippen LogP) is 3.54. The van der Waals surface area contributed by atoms with Crippen molar-refractivity contribution in [3.05, 3.63) is 63.5 Å². The number of nitrogens with zero attached hydrogens (tertiary/aromatic N) is 2. The van der Waals surface area contributed by atoms with E-state index in [0.29, 0.717) is 10.4 Å². The number of methoxy groups -OCH3 is 1. The number of amides is 1. The van der Waals surface area contributed by atoms with Gasteiger partial charge in [-0.15, -0.1) is 0 Å². The van der Waals surface area contributed by atoms with Gasteiger partial charge in [0.15, 0.2) is 4.80 Å². The van der Waals surface area contributed by atoms with Crippen LogP contribution in [0.1, 0.15) is 27.0 Å². The maximum Gasteiger partial charge on any atom is 0.325 e. The minimum Gasteiger partial charge on any atom is -0.468 e. The molecular formula is C20H20N2O3S. The molecule has 134 valence electrons. The summed E-state index contributed by atoms with van der Waals surface area (Å²) in [6, 6.07) is 11.4. The summed E-state index contributed by atoms with van der Waals surface area (Å²) in [5, 5.41) is 0. The van der Waals surface area contributed by atoms with Gasteiger partial charge in [0.05, 0.1) is 17.3 Å². The Morgan fingerprint density at radius 1 is 1.12 bits per heavy atom. The third-order valence-electron chi connectivity index (χ3n) is 4.28. The monoisotopic (exact) mass is 368 g/mol. The number of ether oxygens (including phenoxy) is 1. The fourth-order valence-electron chi connectivity index (χ4n) is 2.68. The topological polar surface area (TPSA) is 60.7 Å². The van der Waals surface area contributed by atoms with Crippen LogP contribution in [0.4, 0.5) is 0 Å². The van der Waals surface area contributed by atoms with Crippen LogP contribution in [0.3, 0.4) is 0 Å². The van der Waals surface area contributed by atoms with E-state index >= 15 is 0 Å². The predicted molar refractivity (Wildman–Crippen MR) is 102 cm³/mol. The summed E-state index contributed by atoms with van der Waals surface area (Å²) in [5.74, 6) is -0.709. The Balaban J connectivity index is 2.18. The molecule has 0 unspecified atom stereocenters. The summed E-state index contributed by atoms with van der Waals surface area (Å²) in [5.41, 5.74) is 4.67. The molecule has 1 heterocycles. The highest BCUT2D eigenvalue weighted by atomic mass is 32.1. The molecule has 0 radical (unpaired) electrons. The smallest absolute Gasteiger partial charge is 0.325 e. The Morgan fingerprint density at radius 2 is 1.85 bits per heavy atom. The van der Waals surface area contributed by atoms with E-state index in [1.54, 1.807) is 16.7 Å². The number of benzene rings is 2. The van der Waals surface area contributed by atoms with Crippen molar-refractivity contribution in [2.75, 3.05) is 7.11 Å². The highest BCUT2D eigenvalue weighted by molar-refractivity contribution is 7.16. The second-order valence-electron chi connectivity index (χ2n) is 6.24. The molecule has 2 aromatic carbocycles. The van der Waals surface area contributed by atoms with Crippen molar-refractivity contribution in [2.24, 2.45) is 4.99 Å². The fourth-order valence-corrected chi connectivity index (χ4v) is 3.79. The van der Waals surface area contributed by atoms with Crippen LogP contribution in [0.25, 0.3) is 10.2 Å². The number of rotatable bonds is 3. The molecule has 0 aliphatic carbocycles. The lowest BCUT2D eigenvalue weighted by atomic mass is 10.1. The summed E-state index contributed by atoms with van der Waals surface area (Å²) in [6.45, 7) is 6.00. The summed E-state index contributed by atoms with van der Waals surface area (Å²) in [4.78, 5) is 29.2. The second kappa shape index (κ2) is 7.25. The lowest BCUT2D eigenvalue weighted by Gasteiger charge is -2.05. The molecular weight excluding hydrogens is 348 g/mol. The van der Waals surface area contributed by atoms with Crippen LogP contribution in [0, 0.1) is 20.8 Å². The van der Waals surface area contributed by atoms with Crippen molar-refractivity contribution >= 4 is 33.4 Å². The normalized spacial score (nSPS) is 11.8. The van der Waals surface area contributed by atoms with Gasteiger partial charge in [0.2, 0.25) is 0 Å². The first-order chi connectivity index (χ1) is 12.4. The lowest BCUT2D eigenvalue weighted by molar-refractivity contribution is -0.141. The molecule has 0 aliphatic heterocycles. The molecule has 1 amide bonds. The van der Waals surface area contributed by atoms with Crippen molar-refractivity contribution in [1.82, 2.24) is 4.57 Å². The van der Waals surface area contributed by atoms with Gasteiger partial charge in [0.1, 0.15) is 6.54 Å². The van der Waals surface area contributed by atoms with Crippen LogP contribution >= 0.6 is 11.3 Å². The van der Waals surface area contributed by atoms with Crippen molar-refractivity contribution < 1.29 is 14.3 Å². The van der Waals surface area contributed by atoms with Crippen LogP contribution in [-0.4, -0.2) is 23.6 Å². The third-order valence-corrected chi connectivity index (χ3v) is 5.32. The van der Waals surface area contributed by atoms with Crippen LogP contribution in [0.15, 0.2) is 41.4 Å². The molecule has 0 saturated carbocycles. The average molecular weight is 368 g/mol. The summed E-state index contributed by atoms with van der Waals surface area (Å²) in [7, 11) is 1.35. The zero-order valence-corrected chi connectivity index (χ0v) is 16.0. The zero-order chi connectivity index (χ0) is 18.8. The van der Waals surface area contributed by atoms with E-state index in [-0.39, 0.29) is 18.4 Å². The number of carbonyl (C=O) groups is 2. The van der Waals surface area contributed by atoms with Gasteiger partial charge in [0.25, 0.3) is 5.91 Å². The van der Waals surface area contributed by atoms with Crippen LogP contribution < -0.4 is 4.80 Å². The molecule has 26 heavy (non-hydrogen) atoms. The van der Waals surface area contributed by atoms with Crippen molar-refractivity contribution in [2.45, 2.75) is 27.3 Å². The van der Waals surface area contributed by atoms with Gasteiger partial charge < -0.3 is 9.30 Å². The summed E-state index contributed by atoms with van der Waals surface area (Å²) < 4.78 is 7.53. The van der Waals surface area contributed by atoms with E-state index in [1.165, 1.54) is 18.4 Å². The number of hydrogen-bond donors (Lipinski definition) is 0. The van der Waals surface area contributed by atoms with Crippen molar-refractivity contribution in [1.29, 1.82) is 0 Å². The highest BCUT2D eigenvalue weighted by Gasteiger charge is 2.13. The Hall–Kier alpha value is -2.73. The van der Waals surface area contributed by atoms with E-state index < -0.39 is 0 Å². The molecule has 0 aliphatic rings. The maximum absolute atomic E-state index is 12.6. The number of aromatic nitrogens is 1. The minimum absolute atomic E-state index is 0.0128. The molecule has 0 atom stereocenters. The number of fused-ring (bicyclic) bond motifs is 1. The zero-order valence-electron chi connectivity index (χ0n) is 15.2. The molecule has 3 rings (SSSR count). The van der Waals surface area contributed by atoms with E-state index in [4.69, 9.17) is 4.74 Å². The molecule has 5 nitrogen and oxygen atoms in total. The van der Waals surface area contributed by atoms with Crippen LogP contribution in [-0.2, 0) is 16.1 Å². The fraction of sp³-hybridized carbons (Fsp3) is 0.250. The van der Waals surface area contributed by atoms with Crippen LogP contribution in [0.2, 0.25) is 0 Å². The van der Waals surface area contributed by atoms with E-state index in [0.717, 1.165) is 26.9 Å². The largest absolute Gasteiger partial charge is 0.468 e. The second-order valence-corrected chi connectivity index (χ2v) is 7.25. The molecule has 0 fully saturated rings. The quantitative estimate of drug-likeness (QED) is 0.664. The lowest BCUT2D eigenvalue weighted by Crippen LogP contribution is -2.22. The van der Waals surface area contributed by atoms with Gasteiger partial charge in [-0.25, -0.2) is 0 Å². The molecule has 0 bridgehead atoms. The maximum atomic E-state index is 12.6. The van der Waals surface area contributed by atoms with E-state index in [9.17, 15) is 9.59 Å². The number of aryl methyl sites for hydroxylation is 3. The highest BCUT2D eigenvalue weighted by Crippen LogP contribution is 2.22. The molecule has 0 saturated heterocycles. The molecule has 1 aromatic heterocycles. The molecule has 0 spiro atoms. The van der Waals surface area contributed by atoms with Gasteiger partial charge >= 0.3 is 5.97 Å². The number of carbonyl (C=O) groups excluding carboxylic acids is 2. The number of thiazole rings is 1. The number of esters is 1. The molecule has 0 N–H and O–H groups in total. The van der Waals surface area contributed by atoms with Gasteiger partial charge in [0, 0.05) is 5.56 Å². The first kappa shape index (κ1) is 18.1. The Kier molecular flexibility index (Phi) is 5.04. The third kappa shape index (κ3) is 3.60. The Labute approximate surface area is 155 Å². The van der Waals surface area contributed by atoms with Crippen molar-refractivity contribution in [3.63, 3.8) is 0 Å².